The van der Waals surface area contributed by atoms with Crippen LogP contribution in [0.5, 0.6) is 0 Å². The van der Waals surface area contributed by atoms with E-state index in [1.807, 2.05) is 18.7 Å². The topological polar surface area (TPSA) is 49.4 Å². The van der Waals surface area contributed by atoms with Gasteiger partial charge in [-0.25, -0.2) is 0 Å². The summed E-state index contributed by atoms with van der Waals surface area (Å²) in [5.74, 6) is 1.92. The van der Waals surface area contributed by atoms with Crippen LogP contribution >= 0.6 is 0 Å². The van der Waals surface area contributed by atoms with E-state index in [1.165, 1.54) is 0 Å². The van der Waals surface area contributed by atoms with Crippen molar-refractivity contribution in [1.82, 2.24) is 10.2 Å². The van der Waals surface area contributed by atoms with Crippen molar-refractivity contribution in [2.45, 2.75) is 71.5 Å². The Morgan fingerprint density at radius 3 is 2.24 bits per heavy atom. The molecule has 1 aliphatic heterocycles. The molecular formula is C17H28N2O2. The average Bonchev–Trinajstić information content (AvgIpc) is 3.20. The SMILES string of the molecule is CC(C)C1C(=O)NC(C2CC2)C(=O)N1C1CCC(C)C1C. The number of piperazine rings is 1. The van der Waals surface area contributed by atoms with E-state index in [1.54, 1.807) is 0 Å². The van der Waals surface area contributed by atoms with Crippen LogP contribution in [0.4, 0.5) is 0 Å². The van der Waals surface area contributed by atoms with E-state index in [4.69, 9.17) is 0 Å². The third-order valence-corrected chi connectivity index (χ3v) is 5.89. The van der Waals surface area contributed by atoms with Gasteiger partial charge in [-0.05, 0) is 49.4 Å². The van der Waals surface area contributed by atoms with Crippen LogP contribution in [0.3, 0.4) is 0 Å². The third kappa shape index (κ3) is 2.47. The van der Waals surface area contributed by atoms with Crippen molar-refractivity contribution in [2.24, 2.45) is 23.7 Å². The zero-order valence-electron chi connectivity index (χ0n) is 13.6. The summed E-state index contributed by atoms with van der Waals surface area (Å²) in [7, 11) is 0. The lowest BCUT2D eigenvalue weighted by Crippen LogP contribution is -2.68. The van der Waals surface area contributed by atoms with Gasteiger partial charge in [0.25, 0.3) is 0 Å². The molecule has 1 N–H and O–H groups in total. The lowest BCUT2D eigenvalue weighted by atomic mass is 9.89. The Balaban J connectivity index is 1.90. The van der Waals surface area contributed by atoms with E-state index in [-0.39, 0.29) is 35.9 Å². The summed E-state index contributed by atoms with van der Waals surface area (Å²) in [6.07, 6.45) is 4.36. The Kier molecular flexibility index (Phi) is 3.74. The molecule has 2 amide bonds. The molecule has 4 heteroatoms. The third-order valence-electron chi connectivity index (χ3n) is 5.89. The number of rotatable bonds is 3. The first-order valence-electron chi connectivity index (χ1n) is 8.54. The minimum Gasteiger partial charge on any atom is -0.342 e. The molecule has 4 nitrogen and oxygen atoms in total. The number of nitrogens with zero attached hydrogens (tertiary/aromatic N) is 1. The summed E-state index contributed by atoms with van der Waals surface area (Å²) in [5.41, 5.74) is 0. The van der Waals surface area contributed by atoms with Gasteiger partial charge in [0.05, 0.1) is 0 Å². The number of hydrogen-bond donors (Lipinski definition) is 1. The number of carbonyl (C=O) groups is 2. The zero-order valence-corrected chi connectivity index (χ0v) is 13.6. The molecule has 118 valence electrons. The first kappa shape index (κ1) is 14.9. The van der Waals surface area contributed by atoms with Gasteiger partial charge in [-0.1, -0.05) is 27.7 Å². The Morgan fingerprint density at radius 2 is 1.76 bits per heavy atom. The average molecular weight is 292 g/mol. The van der Waals surface area contributed by atoms with E-state index >= 15 is 0 Å². The van der Waals surface area contributed by atoms with E-state index in [2.05, 4.69) is 19.2 Å². The van der Waals surface area contributed by atoms with Gasteiger partial charge in [0.1, 0.15) is 12.1 Å². The molecule has 3 aliphatic rings. The second-order valence-electron chi connectivity index (χ2n) is 7.74. The number of nitrogens with one attached hydrogen (secondary N) is 1. The summed E-state index contributed by atoms with van der Waals surface area (Å²) < 4.78 is 0. The van der Waals surface area contributed by atoms with Gasteiger partial charge < -0.3 is 10.2 Å². The highest BCUT2D eigenvalue weighted by Gasteiger charge is 2.51. The predicted molar refractivity (Wildman–Crippen MR) is 81.5 cm³/mol. The summed E-state index contributed by atoms with van der Waals surface area (Å²) in [6.45, 7) is 8.60. The molecule has 0 aromatic heterocycles. The van der Waals surface area contributed by atoms with Crippen molar-refractivity contribution >= 4 is 11.8 Å². The molecule has 0 radical (unpaired) electrons. The van der Waals surface area contributed by atoms with E-state index in [0.717, 1.165) is 25.7 Å². The molecule has 1 saturated heterocycles. The Bertz CT molecular complexity index is 444. The molecule has 1 heterocycles. The molecule has 5 unspecified atom stereocenters. The predicted octanol–water partition coefficient (Wildman–Crippen LogP) is 2.18. The van der Waals surface area contributed by atoms with Gasteiger partial charge >= 0.3 is 0 Å². The zero-order chi connectivity index (χ0) is 15.3. The molecule has 0 aromatic carbocycles. The van der Waals surface area contributed by atoms with E-state index in [9.17, 15) is 9.59 Å². The highest BCUT2D eigenvalue weighted by molar-refractivity contribution is 5.97. The van der Waals surface area contributed by atoms with Crippen molar-refractivity contribution < 1.29 is 9.59 Å². The second-order valence-corrected chi connectivity index (χ2v) is 7.74. The fourth-order valence-electron chi connectivity index (χ4n) is 4.20. The smallest absolute Gasteiger partial charge is 0.246 e. The highest BCUT2D eigenvalue weighted by atomic mass is 16.2. The maximum Gasteiger partial charge on any atom is 0.246 e. The molecule has 0 spiro atoms. The normalized spacial score (nSPS) is 40.8. The van der Waals surface area contributed by atoms with Crippen LogP contribution in [0.15, 0.2) is 0 Å². The summed E-state index contributed by atoms with van der Waals surface area (Å²) in [6, 6.07) is -0.298. The van der Waals surface area contributed by atoms with Crippen LogP contribution in [0.1, 0.15) is 53.4 Å². The van der Waals surface area contributed by atoms with Gasteiger partial charge in [-0.3, -0.25) is 9.59 Å². The lowest BCUT2D eigenvalue weighted by Gasteiger charge is -2.45. The lowest BCUT2D eigenvalue weighted by molar-refractivity contribution is -0.155. The van der Waals surface area contributed by atoms with Crippen LogP contribution in [0, 0.1) is 23.7 Å². The van der Waals surface area contributed by atoms with Crippen LogP contribution in [0.25, 0.3) is 0 Å². The van der Waals surface area contributed by atoms with Crippen molar-refractivity contribution in [3.05, 3.63) is 0 Å². The molecule has 2 saturated carbocycles. The van der Waals surface area contributed by atoms with Crippen molar-refractivity contribution in [1.29, 1.82) is 0 Å². The monoisotopic (exact) mass is 292 g/mol. The number of hydrogen-bond acceptors (Lipinski definition) is 2. The largest absolute Gasteiger partial charge is 0.342 e. The van der Waals surface area contributed by atoms with Crippen molar-refractivity contribution in [2.75, 3.05) is 0 Å². The molecule has 0 bridgehead atoms. The molecule has 3 fully saturated rings. The molecule has 3 rings (SSSR count). The van der Waals surface area contributed by atoms with Crippen LogP contribution < -0.4 is 5.32 Å². The van der Waals surface area contributed by atoms with Crippen molar-refractivity contribution in [3.8, 4) is 0 Å². The standard InChI is InChI=1S/C17H28N2O2/c1-9(2)15-16(20)18-14(12-6-7-12)17(21)19(15)13-8-5-10(3)11(13)4/h9-15H,5-8H2,1-4H3,(H,18,20). The Morgan fingerprint density at radius 1 is 1.10 bits per heavy atom. The highest BCUT2D eigenvalue weighted by Crippen LogP contribution is 2.41. The molecule has 0 aromatic rings. The van der Waals surface area contributed by atoms with Crippen molar-refractivity contribution in [3.63, 3.8) is 0 Å². The fraction of sp³-hybridized carbons (Fsp3) is 0.882. The summed E-state index contributed by atoms with van der Waals surface area (Å²) in [4.78, 5) is 27.6. The Hall–Kier alpha value is -1.06. The van der Waals surface area contributed by atoms with E-state index in [0.29, 0.717) is 17.8 Å². The summed E-state index contributed by atoms with van der Waals surface area (Å²) >= 11 is 0. The summed E-state index contributed by atoms with van der Waals surface area (Å²) in [5, 5.41) is 3.01. The maximum absolute atomic E-state index is 13.0. The molecule has 2 aliphatic carbocycles. The van der Waals surface area contributed by atoms with Gasteiger partial charge in [0.2, 0.25) is 11.8 Å². The van der Waals surface area contributed by atoms with Crippen LogP contribution in [-0.4, -0.2) is 34.8 Å². The first-order chi connectivity index (χ1) is 9.91. The van der Waals surface area contributed by atoms with Gasteiger partial charge in [0, 0.05) is 6.04 Å². The molecule has 5 atom stereocenters. The minimum absolute atomic E-state index is 0.0632. The quantitative estimate of drug-likeness (QED) is 0.867. The van der Waals surface area contributed by atoms with Crippen LogP contribution in [0.2, 0.25) is 0 Å². The molecule has 21 heavy (non-hydrogen) atoms. The van der Waals surface area contributed by atoms with E-state index < -0.39 is 0 Å². The minimum atomic E-state index is -0.287. The fourth-order valence-corrected chi connectivity index (χ4v) is 4.20. The van der Waals surface area contributed by atoms with Gasteiger partial charge in [-0.15, -0.1) is 0 Å². The van der Waals surface area contributed by atoms with Crippen LogP contribution in [-0.2, 0) is 9.59 Å². The Labute approximate surface area is 127 Å². The maximum atomic E-state index is 13.0. The second kappa shape index (κ2) is 5.29. The van der Waals surface area contributed by atoms with Gasteiger partial charge in [-0.2, -0.15) is 0 Å². The first-order valence-corrected chi connectivity index (χ1v) is 8.54. The molecular weight excluding hydrogens is 264 g/mol. The number of amides is 2. The van der Waals surface area contributed by atoms with Gasteiger partial charge in [0.15, 0.2) is 0 Å². The number of carbonyl (C=O) groups excluding carboxylic acids is 2.